The predicted octanol–water partition coefficient (Wildman–Crippen LogP) is 0.176. The summed E-state index contributed by atoms with van der Waals surface area (Å²) in [7, 11) is -4.10. The second kappa shape index (κ2) is 7.13. The summed E-state index contributed by atoms with van der Waals surface area (Å²) >= 11 is 0. The fourth-order valence-corrected chi connectivity index (χ4v) is 2.01. The Morgan fingerprint density at radius 3 is 2.40 bits per heavy atom. The predicted molar refractivity (Wildman–Crippen MR) is 60.8 cm³/mol. The molecule has 1 aromatic carbocycles. The van der Waals surface area contributed by atoms with Crippen molar-refractivity contribution in [2.75, 3.05) is 6.54 Å². The first-order chi connectivity index (χ1) is 6.55. The van der Waals surface area contributed by atoms with Gasteiger partial charge in [0.05, 0.1) is 4.90 Å². The van der Waals surface area contributed by atoms with Gasteiger partial charge >= 0.3 is 51.4 Å². The van der Waals surface area contributed by atoms with E-state index in [1.165, 1.54) is 6.07 Å². The molecule has 0 spiro atoms. The van der Waals surface area contributed by atoms with E-state index in [-0.39, 0.29) is 56.3 Å². The van der Waals surface area contributed by atoms with Crippen molar-refractivity contribution in [1.29, 1.82) is 0 Å². The van der Waals surface area contributed by atoms with E-state index in [0.29, 0.717) is 24.9 Å². The normalized spacial score (nSPS) is 10.8. The number of benzene rings is 1. The second-order valence-electron chi connectivity index (χ2n) is 2.98. The van der Waals surface area contributed by atoms with Gasteiger partial charge in [-0.1, -0.05) is 18.2 Å². The van der Waals surface area contributed by atoms with Crippen molar-refractivity contribution in [2.24, 2.45) is 5.73 Å². The van der Waals surface area contributed by atoms with E-state index in [2.05, 4.69) is 0 Å². The summed E-state index contributed by atoms with van der Waals surface area (Å²) in [5.74, 6) is 0. The van der Waals surface area contributed by atoms with Crippen LogP contribution in [0.25, 0.3) is 0 Å². The van der Waals surface area contributed by atoms with Crippen LogP contribution in [0.4, 0.5) is 0 Å². The van der Waals surface area contributed by atoms with Crippen LogP contribution in [0.3, 0.4) is 0 Å². The molecular formula is C9H14KNO3S. The van der Waals surface area contributed by atoms with Gasteiger partial charge in [0.15, 0.2) is 0 Å². The maximum atomic E-state index is 10.9. The van der Waals surface area contributed by atoms with Crippen molar-refractivity contribution in [2.45, 2.75) is 17.7 Å². The van der Waals surface area contributed by atoms with E-state index < -0.39 is 10.1 Å². The molecule has 0 aliphatic heterocycles. The Kier molecular flexibility index (Phi) is 7.48. The molecule has 3 N–H and O–H groups in total. The third kappa shape index (κ3) is 5.05. The summed E-state index contributed by atoms with van der Waals surface area (Å²) in [6, 6.07) is 6.38. The molecule has 15 heavy (non-hydrogen) atoms. The van der Waals surface area contributed by atoms with Crippen LogP contribution in [-0.2, 0) is 16.5 Å². The Balaban J connectivity index is 0.00000196. The Labute approximate surface area is 132 Å². The molecule has 0 atom stereocenters. The van der Waals surface area contributed by atoms with E-state index in [1.54, 1.807) is 18.2 Å². The van der Waals surface area contributed by atoms with Gasteiger partial charge in [-0.25, -0.2) is 0 Å². The Bertz CT molecular complexity index is 406. The molecule has 4 nitrogen and oxygen atoms in total. The van der Waals surface area contributed by atoms with Crippen LogP contribution < -0.4 is 5.73 Å². The van der Waals surface area contributed by atoms with Gasteiger partial charge in [-0.3, -0.25) is 4.55 Å². The summed E-state index contributed by atoms with van der Waals surface area (Å²) in [6.45, 7) is 0.500. The molecule has 0 aromatic heterocycles. The molecule has 1 aromatic rings. The van der Waals surface area contributed by atoms with Gasteiger partial charge in [-0.2, -0.15) is 8.42 Å². The molecule has 0 aliphatic carbocycles. The van der Waals surface area contributed by atoms with E-state index in [1.807, 2.05) is 0 Å². The average molecular weight is 255 g/mol. The number of aryl methyl sites for hydroxylation is 1. The van der Waals surface area contributed by atoms with Crippen LogP contribution >= 0.6 is 0 Å². The Morgan fingerprint density at radius 1 is 1.27 bits per heavy atom. The Morgan fingerprint density at radius 2 is 1.87 bits per heavy atom. The first-order valence-electron chi connectivity index (χ1n) is 4.31. The zero-order valence-corrected chi connectivity index (χ0v) is 8.50. The van der Waals surface area contributed by atoms with Gasteiger partial charge in [0.2, 0.25) is 0 Å². The van der Waals surface area contributed by atoms with E-state index >= 15 is 0 Å². The molecule has 80 valence electrons. The maximum absolute atomic E-state index is 10.9. The zero-order chi connectivity index (χ0) is 10.6. The molecule has 0 bridgehead atoms. The van der Waals surface area contributed by atoms with Crippen molar-refractivity contribution in [1.82, 2.24) is 0 Å². The van der Waals surface area contributed by atoms with Crippen LogP contribution in [0.1, 0.15) is 12.0 Å². The molecule has 0 unspecified atom stereocenters. The third-order valence-electron chi connectivity index (χ3n) is 1.90. The molecule has 0 radical (unpaired) electrons. The fraction of sp³-hybridized carbons (Fsp3) is 0.333. The second-order valence-corrected chi connectivity index (χ2v) is 4.36. The van der Waals surface area contributed by atoms with Gasteiger partial charge in [0, 0.05) is 0 Å². The summed E-state index contributed by atoms with van der Waals surface area (Å²) in [5.41, 5.74) is 5.94. The van der Waals surface area contributed by atoms with Gasteiger partial charge in [-0.15, -0.1) is 0 Å². The van der Waals surface area contributed by atoms with Gasteiger partial charge in [-0.05, 0) is 31.0 Å². The Hall–Kier alpha value is 0.726. The third-order valence-corrected chi connectivity index (χ3v) is 2.85. The first-order valence-corrected chi connectivity index (χ1v) is 5.75. The summed E-state index contributed by atoms with van der Waals surface area (Å²) in [4.78, 5) is -0.0200. The van der Waals surface area contributed by atoms with Crippen molar-refractivity contribution in [3.63, 3.8) is 0 Å². The molecule has 0 fully saturated rings. The number of hydrogen-bond donors (Lipinski definition) is 2. The van der Waals surface area contributed by atoms with Crippen LogP contribution in [0.2, 0.25) is 0 Å². The van der Waals surface area contributed by atoms with E-state index in [0.717, 1.165) is 0 Å². The van der Waals surface area contributed by atoms with Crippen LogP contribution in [0, 0.1) is 0 Å². The summed E-state index contributed by atoms with van der Waals surface area (Å²) in [5, 5.41) is 0. The molecule has 0 aliphatic rings. The molecule has 0 heterocycles. The van der Waals surface area contributed by atoms with Crippen LogP contribution in [-0.4, -0.2) is 70.9 Å². The van der Waals surface area contributed by atoms with Gasteiger partial charge < -0.3 is 5.73 Å². The van der Waals surface area contributed by atoms with E-state index in [4.69, 9.17) is 10.3 Å². The van der Waals surface area contributed by atoms with E-state index in [9.17, 15) is 8.42 Å². The van der Waals surface area contributed by atoms with Crippen molar-refractivity contribution >= 4 is 61.5 Å². The monoisotopic (exact) mass is 255 g/mol. The SMILES string of the molecule is NCCCc1ccccc1S(=O)(=O)O.[KH]. The van der Waals surface area contributed by atoms with Crippen molar-refractivity contribution in [3.8, 4) is 0 Å². The van der Waals surface area contributed by atoms with Gasteiger partial charge in [0.25, 0.3) is 10.1 Å². The standard InChI is InChI=1S/C9H13NO3S.K.H/c10-7-3-5-8-4-1-2-6-9(8)14(11,12)13;;/h1-2,4,6H,3,5,7,10H2,(H,11,12,13);;. The number of hydrogen-bond acceptors (Lipinski definition) is 3. The molecule has 1 rings (SSSR count). The molecule has 0 saturated heterocycles. The molecule has 0 saturated carbocycles. The molecule has 6 heteroatoms. The topological polar surface area (TPSA) is 80.4 Å². The van der Waals surface area contributed by atoms with Crippen molar-refractivity contribution in [3.05, 3.63) is 29.8 Å². The average Bonchev–Trinajstić information content (AvgIpc) is 2.14. The molecular weight excluding hydrogens is 241 g/mol. The first kappa shape index (κ1) is 15.7. The van der Waals surface area contributed by atoms with Crippen LogP contribution in [0.15, 0.2) is 29.2 Å². The fourth-order valence-electron chi connectivity index (χ4n) is 1.25. The summed E-state index contributed by atoms with van der Waals surface area (Å²) < 4.78 is 30.8. The molecule has 0 amide bonds. The van der Waals surface area contributed by atoms with Crippen molar-refractivity contribution < 1.29 is 13.0 Å². The number of nitrogens with two attached hydrogens (primary N) is 1. The van der Waals surface area contributed by atoms with Gasteiger partial charge in [0.1, 0.15) is 0 Å². The minimum atomic E-state index is -4.10. The van der Waals surface area contributed by atoms with Crippen LogP contribution in [0.5, 0.6) is 0 Å². The number of rotatable bonds is 4. The summed E-state index contributed by atoms with van der Waals surface area (Å²) in [6.07, 6.45) is 1.26. The minimum absolute atomic E-state index is 0. The quantitative estimate of drug-likeness (QED) is 0.594. The zero-order valence-electron chi connectivity index (χ0n) is 7.68.